The summed E-state index contributed by atoms with van der Waals surface area (Å²) in [6, 6.07) is 28.1. The molecule has 1 N–H and O–H groups in total. The van der Waals surface area contributed by atoms with Crippen molar-refractivity contribution in [1.29, 1.82) is 0 Å². The van der Waals surface area contributed by atoms with Crippen molar-refractivity contribution in [2.75, 3.05) is 0 Å². The number of nitro groups is 1. The summed E-state index contributed by atoms with van der Waals surface area (Å²) in [5.41, 5.74) is 4.54. The van der Waals surface area contributed by atoms with Crippen LogP contribution in [0.5, 0.6) is 5.75 Å². The third kappa shape index (κ3) is 7.35. The zero-order valence-electron chi connectivity index (χ0n) is 20.5. The number of thioether (sulfide) groups is 1. The molecular formula is C29H26ClN3O3S. The van der Waals surface area contributed by atoms with Crippen LogP contribution < -0.4 is 0 Å². The number of hydrogen-bond donors (Lipinski definition) is 1. The molecule has 188 valence electrons. The normalized spacial score (nSPS) is 11.4. The number of rotatable bonds is 7. The highest BCUT2D eigenvalue weighted by Gasteiger charge is 2.18. The lowest BCUT2D eigenvalue weighted by atomic mass is 10.1. The molecule has 0 aliphatic heterocycles. The Kier molecular flexibility index (Phi) is 8.48. The van der Waals surface area contributed by atoms with Crippen LogP contribution in [0.3, 0.4) is 0 Å². The first-order valence-corrected chi connectivity index (χ1v) is 12.8. The summed E-state index contributed by atoms with van der Waals surface area (Å²) in [5, 5.41) is 22.3. The third-order valence-electron chi connectivity index (χ3n) is 5.63. The number of phenolic OH excluding ortho intramolecular Hbond substituents is 1. The van der Waals surface area contributed by atoms with E-state index in [1.54, 1.807) is 24.3 Å². The largest absolute Gasteiger partial charge is 0.508 e. The Balaban J connectivity index is 1.80. The standard InChI is InChI=1S/C29H26ClN3O3S/c1-20-6-10-22(11-7-20)18-32(19-23-4-3-5-25(34)16-23)29(37-26-13-8-21(2)9-14-26)31-24-12-15-27(30)28(17-24)33(35)36/h3-17,34H,18-19H2,1-2H3. The molecular weight excluding hydrogens is 506 g/mol. The first-order chi connectivity index (χ1) is 17.8. The minimum absolute atomic E-state index is 0.0629. The second kappa shape index (κ2) is 12.0. The molecule has 0 aliphatic rings. The van der Waals surface area contributed by atoms with Crippen molar-refractivity contribution in [2.24, 2.45) is 4.99 Å². The second-order valence-electron chi connectivity index (χ2n) is 8.71. The fourth-order valence-corrected chi connectivity index (χ4v) is 4.75. The predicted octanol–water partition coefficient (Wildman–Crippen LogP) is 8.05. The van der Waals surface area contributed by atoms with Crippen LogP contribution in [0.1, 0.15) is 22.3 Å². The fourth-order valence-electron chi connectivity index (χ4n) is 3.67. The van der Waals surface area contributed by atoms with E-state index in [2.05, 4.69) is 29.2 Å². The molecule has 0 saturated carbocycles. The van der Waals surface area contributed by atoms with E-state index in [0.717, 1.165) is 21.6 Å². The minimum atomic E-state index is -0.509. The van der Waals surface area contributed by atoms with E-state index in [-0.39, 0.29) is 16.5 Å². The van der Waals surface area contributed by atoms with Gasteiger partial charge in [-0.3, -0.25) is 10.1 Å². The van der Waals surface area contributed by atoms with Gasteiger partial charge in [0.15, 0.2) is 5.17 Å². The molecule has 0 saturated heterocycles. The summed E-state index contributed by atoms with van der Waals surface area (Å²) in [6.07, 6.45) is 0. The third-order valence-corrected chi connectivity index (χ3v) is 6.99. The minimum Gasteiger partial charge on any atom is -0.508 e. The zero-order chi connectivity index (χ0) is 26.4. The molecule has 6 nitrogen and oxygen atoms in total. The van der Waals surface area contributed by atoms with Crippen LogP contribution in [0, 0.1) is 24.0 Å². The lowest BCUT2D eigenvalue weighted by Gasteiger charge is -2.26. The Labute approximate surface area is 225 Å². The van der Waals surface area contributed by atoms with Crippen LogP contribution in [0.25, 0.3) is 0 Å². The number of aryl methyl sites for hydroxylation is 2. The highest BCUT2D eigenvalue weighted by atomic mass is 35.5. The molecule has 37 heavy (non-hydrogen) atoms. The van der Waals surface area contributed by atoms with Gasteiger partial charge < -0.3 is 10.0 Å². The molecule has 0 atom stereocenters. The number of benzene rings is 4. The van der Waals surface area contributed by atoms with Gasteiger partial charge in [0.05, 0.1) is 10.6 Å². The van der Waals surface area contributed by atoms with E-state index in [0.29, 0.717) is 23.9 Å². The molecule has 0 amide bonds. The van der Waals surface area contributed by atoms with Crippen molar-refractivity contribution in [3.8, 4) is 5.75 Å². The van der Waals surface area contributed by atoms with Crippen LogP contribution >= 0.6 is 23.4 Å². The molecule has 0 unspecified atom stereocenters. The summed E-state index contributed by atoms with van der Waals surface area (Å²) < 4.78 is 0. The van der Waals surface area contributed by atoms with E-state index in [4.69, 9.17) is 16.6 Å². The van der Waals surface area contributed by atoms with Gasteiger partial charge in [0.2, 0.25) is 0 Å². The van der Waals surface area contributed by atoms with E-state index < -0.39 is 4.92 Å². The van der Waals surface area contributed by atoms with Crippen molar-refractivity contribution in [3.05, 3.63) is 128 Å². The average molecular weight is 532 g/mol. The maximum absolute atomic E-state index is 11.5. The molecule has 0 aliphatic carbocycles. The highest BCUT2D eigenvalue weighted by molar-refractivity contribution is 8.13. The quantitative estimate of drug-likeness (QED) is 0.0857. The van der Waals surface area contributed by atoms with Gasteiger partial charge in [-0.05, 0) is 61.4 Å². The summed E-state index contributed by atoms with van der Waals surface area (Å²) in [5.74, 6) is 0.186. The molecule has 0 spiro atoms. The zero-order valence-corrected chi connectivity index (χ0v) is 22.0. The summed E-state index contributed by atoms with van der Waals surface area (Å²) >= 11 is 7.52. The summed E-state index contributed by atoms with van der Waals surface area (Å²) in [7, 11) is 0. The highest BCUT2D eigenvalue weighted by Crippen LogP contribution is 2.32. The van der Waals surface area contributed by atoms with Crippen molar-refractivity contribution >= 4 is 39.9 Å². The molecule has 0 bridgehead atoms. The fraction of sp³-hybridized carbons (Fsp3) is 0.138. The molecule has 0 fully saturated rings. The monoisotopic (exact) mass is 531 g/mol. The van der Waals surface area contributed by atoms with Crippen molar-refractivity contribution in [2.45, 2.75) is 31.8 Å². The van der Waals surface area contributed by atoms with E-state index in [1.807, 2.05) is 44.2 Å². The van der Waals surface area contributed by atoms with E-state index in [9.17, 15) is 15.2 Å². The Morgan fingerprint density at radius 2 is 1.57 bits per heavy atom. The maximum Gasteiger partial charge on any atom is 0.290 e. The number of nitro benzene ring substituents is 1. The number of halogens is 1. The summed E-state index contributed by atoms with van der Waals surface area (Å²) in [4.78, 5) is 18.9. The van der Waals surface area contributed by atoms with Gasteiger partial charge >= 0.3 is 0 Å². The van der Waals surface area contributed by atoms with Gasteiger partial charge in [-0.1, -0.05) is 83.0 Å². The number of phenols is 1. The van der Waals surface area contributed by atoms with Crippen LogP contribution in [0.2, 0.25) is 5.02 Å². The Morgan fingerprint density at radius 1 is 0.919 bits per heavy atom. The Morgan fingerprint density at radius 3 is 2.22 bits per heavy atom. The van der Waals surface area contributed by atoms with Gasteiger partial charge in [0, 0.05) is 24.1 Å². The topological polar surface area (TPSA) is 79.0 Å². The van der Waals surface area contributed by atoms with Crippen LogP contribution in [-0.4, -0.2) is 20.1 Å². The number of aliphatic imine (C=N–C) groups is 1. The SMILES string of the molecule is Cc1ccc(CN(Cc2cccc(O)c2)C(=Nc2ccc(Cl)c([N+](=O)[O-])c2)Sc2ccc(C)cc2)cc1. The number of nitrogens with zero attached hydrogens (tertiary/aromatic N) is 3. The van der Waals surface area contributed by atoms with E-state index >= 15 is 0 Å². The van der Waals surface area contributed by atoms with Gasteiger partial charge in [-0.25, -0.2) is 4.99 Å². The molecule has 0 heterocycles. The predicted molar refractivity (Wildman–Crippen MR) is 151 cm³/mol. The number of amidine groups is 1. The smallest absolute Gasteiger partial charge is 0.290 e. The molecule has 4 aromatic carbocycles. The van der Waals surface area contributed by atoms with Crippen molar-refractivity contribution in [3.63, 3.8) is 0 Å². The van der Waals surface area contributed by atoms with Crippen molar-refractivity contribution < 1.29 is 10.0 Å². The number of aromatic hydroxyl groups is 1. The second-order valence-corrected chi connectivity index (χ2v) is 10.2. The average Bonchev–Trinajstić information content (AvgIpc) is 2.87. The van der Waals surface area contributed by atoms with Gasteiger partial charge in [0.25, 0.3) is 5.69 Å². The van der Waals surface area contributed by atoms with Crippen LogP contribution in [0.15, 0.2) is 101 Å². The maximum atomic E-state index is 11.5. The van der Waals surface area contributed by atoms with Gasteiger partial charge in [0.1, 0.15) is 10.8 Å². The van der Waals surface area contributed by atoms with E-state index in [1.165, 1.54) is 29.5 Å². The lowest BCUT2D eigenvalue weighted by Crippen LogP contribution is -2.28. The van der Waals surface area contributed by atoms with Gasteiger partial charge in [-0.2, -0.15) is 0 Å². The summed E-state index contributed by atoms with van der Waals surface area (Å²) in [6.45, 7) is 5.09. The molecule has 0 aromatic heterocycles. The Hall–Kier alpha value is -3.81. The molecule has 4 rings (SSSR count). The Bertz CT molecular complexity index is 1420. The van der Waals surface area contributed by atoms with Gasteiger partial charge in [-0.15, -0.1) is 0 Å². The molecule has 0 radical (unpaired) electrons. The van der Waals surface area contributed by atoms with Crippen molar-refractivity contribution in [1.82, 2.24) is 4.90 Å². The van der Waals surface area contributed by atoms with Crippen LogP contribution in [-0.2, 0) is 13.1 Å². The molecule has 8 heteroatoms. The first-order valence-electron chi connectivity index (χ1n) is 11.6. The van der Waals surface area contributed by atoms with Crippen LogP contribution in [0.4, 0.5) is 11.4 Å². The lowest BCUT2D eigenvalue weighted by molar-refractivity contribution is -0.384. The molecule has 4 aromatic rings. The first kappa shape index (κ1) is 26.3. The number of hydrogen-bond acceptors (Lipinski definition) is 5.